The minimum absolute atomic E-state index is 0.943. The lowest BCUT2D eigenvalue weighted by Crippen LogP contribution is -1.80. The summed E-state index contributed by atoms with van der Waals surface area (Å²) in [7, 11) is 0. The highest BCUT2D eigenvalue weighted by atomic mass is 32.1. The topological polar surface area (TPSA) is 43.1 Å². The number of aryl methyl sites for hydroxylation is 3. The molecule has 0 N–H and O–H groups in total. The van der Waals surface area contributed by atoms with Crippen LogP contribution in [0.4, 0.5) is 0 Å². The maximum Gasteiger partial charge on any atom is 0.212 e. The highest BCUT2D eigenvalue weighted by Gasteiger charge is 2.12. The minimum Gasteiger partial charge on any atom is -0.246 e. The molecule has 0 saturated carbocycles. The molecule has 82 valence electrons. The van der Waals surface area contributed by atoms with Gasteiger partial charge in [-0.25, -0.2) is 14.5 Å². The van der Waals surface area contributed by atoms with Crippen molar-refractivity contribution in [3.63, 3.8) is 0 Å². The Balaban J connectivity index is 2.18. The first-order chi connectivity index (χ1) is 7.63. The maximum atomic E-state index is 4.57. The average molecular weight is 250 g/mol. The smallest absolute Gasteiger partial charge is 0.212 e. The Kier molecular flexibility index (Phi) is 2.08. The van der Waals surface area contributed by atoms with Crippen molar-refractivity contribution in [3.8, 4) is 10.6 Å². The SMILES string of the molecule is Cc1nc(C)c(-c2cn3nc(C)sc3n2)s1. The fourth-order valence-electron chi connectivity index (χ4n) is 1.68. The van der Waals surface area contributed by atoms with Gasteiger partial charge in [0.1, 0.15) is 10.7 Å². The van der Waals surface area contributed by atoms with E-state index in [0.717, 1.165) is 31.2 Å². The Morgan fingerprint density at radius 1 is 1.06 bits per heavy atom. The predicted molar refractivity (Wildman–Crippen MR) is 66.2 cm³/mol. The molecule has 3 rings (SSSR count). The Morgan fingerprint density at radius 3 is 2.50 bits per heavy atom. The van der Waals surface area contributed by atoms with Crippen LogP contribution in [0.5, 0.6) is 0 Å². The fourth-order valence-corrected chi connectivity index (χ4v) is 3.28. The first-order valence-corrected chi connectivity index (χ1v) is 6.54. The summed E-state index contributed by atoms with van der Waals surface area (Å²) in [6.07, 6.45) is 1.97. The molecule has 3 aromatic heterocycles. The molecule has 0 aliphatic carbocycles. The van der Waals surface area contributed by atoms with E-state index in [0.29, 0.717) is 0 Å². The summed E-state index contributed by atoms with van der Waals surface area (Å²) >= 11 is 3.29. The summed E-state index contributed by atoms with van der Waals surface area (Å²) in [5.41, 5.74) is 2.02. The first-order valence-electron chi connectivity index (χ1n) is 4.91. The minimum atomic E-state index is 0.943. The van der Waals surface area contributed by atoms with E-state index >= 15 is 0 Å². The fraction of sp³-hybridized carbons (Fsp3) is 0.300. The first kappa shape index (κ1) is 9.92. The number of imidazole rings is 1. The highest BCUT2D eigenvalue weighted by Crippen LogP contribution is 2.29. The molecule has 0 aliphatic rings. The molecule has 0 unspecified atom stereocenters. The zero-order valence-electron chi connectivity index (χ0n) is 9.18. The summed E-state index contributed by atoms with van der Waals surface area (Å²) in [5.74, 6) is 0. The molecule has 0 atom stereocenters. The van der Waals surface area contributed by atoms with Crippen LogP contribution < -0.4 is 0 Å². The van der Waals surface area contributed by atoms with Crippen molar-refractivity contribution in [2.24, 2.45) is 0 Å². The van der Waals surface area contributed by atoms with Crippen LogP contribution in [0, 0.1) is 20.8 Å². The third-order valence-electron chi connectivity index (χ3n) is 2.28. The van der Waals surface area contributed by atoms with Gasteiger partial charge in [0.25, 0.3) is 0 Å². The van der Waals surface area contributed by atoms with Gasteiger partial charge in [-0.15, -0.1) is 11.3 Å². The lowest BCUT2D eigenvalue weighted by atomic mass is 10.3. The molecule has 0 spiro atoms. The second-order valence-electron chi connectivity index (χ2n) is 3.62. The lowest BCUT2D eigenvalue weighted by molar-refractivity contribution is 0.946. The summed E-state index contributed by atoms with van der Waals surface area (Å²) in [6.45, 7) is 6.02. The monoisotopic (exact) mass is 250 g/mol. The van der Waals surface area contributed by atoms with Gasteiger partial charge in [-0.1, -0.05) is 11.3 Å². The van der Waals surface area contributed by atoms with Gasteiger partial charge in [-0.2, -0.15) is 5.10 Å². The van der Waals surface area contributed by atoms with Gasteiger partial charge in [0, 0.05) is 0 Å². The molecule has 0 bridgehead atoms. The third-order valence-corrected chi connectivity index (χ3v) is 4.21. The second-order valence-corrected chi connectivity index (χ2v) is 5.99. The van der Waals surface area contributed by atoms with Crippen molar-refractivity contribution < 1.29 is 0 Å². The van der Waals surface area contributed by atoms with Gasteiger partial charge >= 0.3 is 0 Å². The largest absolute Gasteiger partial charge is 0.246 e. The summed E-state index contributed by atoms with van der Waals surface area (Å²) in [6, 6.07) is 0. The Labute approximate surface area is 101 Å². The molecule has 4 nitrogen and oxygen atoms in total. The predicted octanol–water partition coefficient (Wildman–Crippen LogP) is 2.84. The van der Waals surface area contributed by atoms with Gasteiger partial charge < -0.3 is 0 Å². The van der Waals surface area contributed by atoms with E-state index in [2.05, 4.69) is 15.1 Å². The molecule has 0 fully saturated rings. The normalized spacial score (nSPS) is 11.4. The van der Waals surface area contributed by atoms with E-state index in [1.54, 1.807) is 22.7 Å². The molecular weight excluding hydrogens is 240 g/mol. The summed E-state index contributed by atoms with van der Waals surface area (Å²) in [4.78, 5) is 11.1. The van der Waals surface area contributed by atoms with E-state index in [9.17, 15) is 0 Å². The van der Waals surface area contributed by atoms with Crippen molar-refractivity contribution in [1.29, 1.82) is 0 Å². The van der Waals surface area contributed by atoms with E-state index in [-0.39, 0.29) is 0 Å². The van der Waals surface area contributed by atoms with Crippen molar-refractivity contribution >= 4 is 27.6 Å². The van der Waals surface area contributed by atoms with Gasteiger partial charge in [0.2, 0.25) is 4.96 Å². The number of fused-ring (bicyclic) bond motifs is 1. The van der Waals surface area contributed by atoms with Crippen LogP contribution in [-0.4, -0.2) is 19.6 Å². The number of hydrogen-bond acceptors (Lipinski definition) is 5. The molecule has 0 saturated heterocycles. The van der Waals surface area contributed by atoms with Crippen LogP contribution >= 0.6 is 22.7 Å². The number of thiazole rings is 1. The van der Waals surface area contributed by atoms with Crippen molar-refractivity contribution in [1.82, 2.24) is 19.6 Å². The van der Waals surface area contributed by atoms with Crippen LogP contribution in [0.15, 0.2) is 6.20 Å². The zero-order valence-corrected chi connectivity index (χ0v) is 10.8. The standard InChI is InChI=1S/C10H10N4S2/c1-5-9(15-6(2)11-5)8-4-14-10(12-8)16-7(3)13-14/h4H,1-3H3. The molecular formula is C10H10N4S2. The van der Waals surface area contributed by atoms with Gasteiger partial charge in [-0.05, 0) is 20.8 Å². The molecule has 16 heavy (non-hydrogen) atoms. The average Bonchev–Trinajstić information content (AvgIpc) is 2.78. The van der Waals surface area contributed by atoms with E-state index in [4.69, 9.17) is 0 Å². The van der Waals surface area contributed by atoms with E-state index < -0.39 is 0 Å². The highest BCUT2D eigenvalue weighted by molar-refractivity contribution is 7.16. The van der Waals surface area contributed by atoms with E-state index in [1.807, 2.05) is 31.5 Å². The molecule has 0 amide bonds. The van der Waals surface area contributed by atoms with Crippen LogP contribution in [0.3, 0.4) is 0 Å². The Morgan fingerprint density at radius 2 is 1.88 bits per heavy atom. The number of hydrogen-bond donors (Lipinski definition) is 0. The Hall–Kier alpha value is -1.27. The number of aromatic nitrogens is 4. The summed E-state index contributed by atoms with van der Waals surface area (Å²) < 4.78 is 1.84. The second kappa shape index (κ2) is 3.36. The molecule has 0 aliphatic heterocycles. The maximum absolute atomic E-state index is 4.57. The molecule has 3 aromatic rings. The lowest BCUT2D eigenvalue weighted by Gasteiger charge is -1.89. The van der Waals surface area contributed by atoms with Gasteiger partial charge in [-0.3, -0.25) is 0 Å². The molecule has 6 heteroatoms. The van der Waals surface area contributed by atoms with Crippen molar-refractivity contribution in [2.75, 3.05) is 0 Å². The van der Waals surface area contributed by atoms with Crippen LogP contribution in [0.2, 0.25) is 0 Å². The van der Waals surface area contributed by atoms with E-state index in [1.165, 1.54) is 0 Å². The van der Waals surface area contributed by atoms with Crippen molar-refractivity contribution in [3.05, 3.63) is 21.9 Å². The number of rotatable bonds is 1. The van der Waals surface area contributed by atoms with Gasteiger partial charge in [0.05, 0.1) is 21.8 Å². The summed E-state index contributed by atoms with van der Waals surface area (Å²) in [5, 5.41) is 6.46. The number of nitrogens with zero attached hydrogens (tertiary/aromatic N) is 4. The van der Waals surface area contributed by atoms with Crippen LogP contribution in [-0.2, 0) is 0 Å². The Bertz CT molecular complexity index is 630. The quantitative estimate of drug-likeness (QED) is 0.667. The molecule has 3 heterocycles. The van der Waals surface area contributed by atoms with Gasteiger partial charge in [0.15, 0.2) is 0 Å². The molecule has 0 aromatic carbocycles. The van der Waals surface area contributed by atoms with Crippen LogP contribution in [0.25, 0.3) is 15.5 Å². The van der Waals surface area contributed by atoms with Crippen molar-refractivity contribution in [2.45, 2.75) is 20.8 Å². The zero-order chi connectivity index (χ0) is 11.3. The van der Waals surface area contributed by atoms with Crippen LogP contribution in [0.1, 0.15) is 15.7 Å². The third kappa shape index (κ3) is 1.45. The molecule has 0 radical (unpaired) electrons.